The van der Waals surface area contributed by atoms with Gasteiger partial charge in [0.25, 0.3) is 0 Å². The predicted molar refractivity (Wildman–Crippen MR) is 70.0 cm³/mol. The lowest BCUT2D eigenvalue weighted by Crippen LogP contribution is -2.43. The van der Waals surface area contributed by atoms with Gasteiger partial charge in [-0.1, -0.05) is 25.1 Å². The number of rotatable bonds is 4. The number of carboxylic acids is 1. The van der Waals surface area contributed by atoms with Crippen LogP contribution in [0.15, 0.2) is 18.2 Å². The molecule has 1 aromatic carbocycles. The highest BCUT2D eigenvalue weighted by atomic mass is 19.3. The number of ether oxygens (including phenoxy) is 1. The first-order valence-corrected chi connectivity index (χ1v) is 6.65. The number of benzene rings is 1. The van der Waals surface area contributed by atoms with Crippen molar-refractivity contribution in [3.05, 3.63) is 34.9 Å². The number of hydrogen-bond donors (Lipinski definition) is 1. The van der Waals surface area contributed by atoms with E-state index < -0.39 is 30.5 Å². The molecule has 1 aromatic rings. The van der Waals surface area contributed by atoms with Crippen molar-refractivity contribution in [2.75, 3.05) is 0 Å². The third-order valence-corrected chi connectivity index (χ3v) is 3.99. The number of alkyl halides is 2. The molecule has 0 aromatic heterocycles. The van der Waals surface area contributed by atoms with Crippen LogP contribution >= 0.6 is 0 Å². The van der Waals surface area contributed by atoms with E-state index in [1.165, 1.54) is 0 Å². The summed E-state index contributed by atoms with van der Waals surface area (Å²) in [5.74, 6) is -1.14. The monoisotopic (exact) mass is 284 g/mol. The first kappa shape index (κ1) is 14.9. The maximum absolute atomic E-state index is 12.8. The normalized spacial score (nSPS) is 25.6. The molecule has 2 unspecified atom stereocenters. The Hall–Kier alpha value is -1.49. The minimum absolute atomic E-state index is 0.333. The molecular weight excluding hydrogens is 266 g/mol. The molecule has 0 spiro atoms. The molecule has 1 aliphatic heterocycles. The summed E-state index contributed by atoms with van der Waals surface area (Å²) in [7, 11) is 0. The Morgan fingerprint density at radius 3 is 2.80 bits per heavy atom. The third kappa shape index (κ3) is 2.68. The Labute approximate surface area is 116 Å². The average molecular weight is 284 g/mol. The van der Waals surface area contributed by atoms with Crippen LogP contribution in [0, 0.1) is 6.92 Å². The van der Waals surface area contributed by atoms with Crippen LogP contribution in [0.25, 0.3) is 0 Å². The molecule has 110 valence electrons. The third-order valence-electron chi connectivity index (χ3n) is 3.99. The maximum atomic E-state index is 12.8. The summed E-state index contributed by atoms with van der Waals surface area (Å²) in [6.07, 6.45) is -3.44. The van der Waals surface area contributed by atoms with Gasteiger partial charge in [0.05, 0.1) is 5.60 Å². The predicted octanol–water partition coefficient (Wildman–Crippen LogP) is 3.50. The van der Waals surface area contributed by atoms with E-state index in [9.17, 15) is 18.7 Å². The van der Waals surface area contributed by atoms with Gasteiger partial charge in [0, 0.05) is 12.8 Å². The van der Waals surface area contributed by atoms with Crippen LogP contribution in [0.2, 0.25) is 0 Å². The lowest BCUT2D eigenvalue weighted by Gasteiger charge is -2.41. The number of carbonyl (C=O) groups is 1. The zero-order chi connectivity index (χ0) is 14.9. The minimum Gasteiger partial charge on any atom is -0.479 e. The van der Waals surface area contributed by atoms with Crippen molar-refractivity contribution in [2.24, 2.45) is 0 Å². The standard InChI is InChI=1S/C15H18F2O3/c1-3-15(8-12(16)17)7-11-9(2)5-4-6-10(11)13(20-15)14(18)19/h4-6,12-13H,3,7-8H2,1-2H3,(H,18,19). The maximum Gasteiger partial charge on any atom is 0.337 e. The largest absolute Gasteiger partial charge is 0.479 e. The van der Waals surface area contributed by atoms with E-state index in [0.29, 0.717) is 18.4 Å². The lowest BCUT2D eigenvalue weighted by molar-refractivity contribution is -0.176. The number of halogens is 2. The molecule has 5 heteroatoms. The summed E-state index contributed by atoms with van der Waals surface area (Å²) in [4.78, 5) is 11.4. The van der Waals surface area contributed by atoms with Crippen molar-refractivity contribution < 1.29 is 23.4 Å². The van der Waals surface area contributed by atoms with Gasteiger partial charge in [0.2, 0.25) is 6.43 Å². The van der Waals surface area contributed by atoms with Crippen molar-refractivity contribution >= 4 is 5.97 Å². The Morgan fingerprint density at radius 2 is 2.25 bits per heavy atom. The van der Waals surface area contributed by atoms with Crippen LogP contribution in [0.5, 0.6) is 0 Å². The highest BCUT2D eigenvalue weighted by Gasteiger charge is 2.43. The molecule has 20 heavy (non-hydrogen) atoms. The molecule has 0 bridgehead atoms. The molecule has 0 radical (unpaired) electrons. The fraction of sp³-hybridized carbons (Fsp3) is 0.533. The van der Waals surface area contributed by atoms with Crippen molar-refractivity contribution in [3.8, 4) is 0 Å². The smallest absolute Gasteiger partial charge is 0.337 e. The molecular formula is C15H18F2O3. The zero-order valence-electron chi connectivity index (χ0n) is 11.5. The van der Waals surface area contributed by atoms with E-state index in [1.807, 2.05) is 13.0 Å². The van der Waals surface area contributed by atoms with Gasteiger partial charge in [0.1, 0.15) is 0 Å². The van der Waals surface area contributed by atoms with Gasteiger partial charge in [-0.15, -0.1) is 0 Å². The first-order chi connectivity index (χ1) is 9.38. The Balaban J connectivity index is 2.49. The number of carboxylic acid groups (broad SMARTS) is 1. The Morgan fingerprint density at radius 1 is 1.55 bits per heavy atom. The lowest BCUT2D eigenvalue weighted by atomic mass is 9.80. The van der Waals surface area contributed by atoms with Crippen LogP contribution in [-0.2, 0) is 16.0 Å². The summed E-state index contributed by atoms with van der Waals surface area (Å²) < 4.78 is 31.3. The summed E-state index contributed by atoms with van der Waals surface area (Å²) in [6.45, 7) is 3.62. The Kier molecular flexibility index (Phi) is 4.09. The molecule has 2 rings (SSSR count). The van der Waals surface area contributed by atoms with Crippen molar-refractivity contribution in [3.63, 3.8) is 0 Å². The second-order valence-electron chi connectivity index (χ2n) is 5.29. The molecule has 1 N–H and O–H groups in total. The Bertz CT molecular complexity index is 516. The van der Waals surface area contributed by atoms with Crippen LogP contribution < -0.4 is 0 Å². The number of aryl methyl sites for hydroxylation is 1. The van der Waals surface area contributed by atoms with Crippen LogP contribution in [-0.4, -0.2) is 23.1 Å². The van der Waals surface area contributed by atoms with Gasteiger partial charge in [-0.25, -0.2) is 13.6 Å². The van der Waals surface area contributed by atoms with Gasteiger partial charge in [-0.05, 0) is 30.0 Å². The van der Waals surface area contributed by atoms with E-state index in [2.05, 4.69) is 0 Å². The van der Waals surface area contributed by atoms with Gasteiger partial charge in [-0.3, -0.25) is 0 Å². The summed E-state index contributed by atoms with van der Waals surface area (Å²) >= 11 is 0. The van der Waals surface area contributed by atoms with Crippen LogP contribution in [0.4, 0.5) is 8.78 Å². The zero-order valence-corrected chi connectivity index (χ0v) is 11.5. The molecule has 1 aliphatic rings. The SMILES string of the molecule is CCC1(CC(F)F)Cc2c(C)cccc2C(C(=O)O)O1. The van der Waals surface area contributed by atoms with E-state index in [0.717, 1.165) is 11.1 Å². The van der Waals surface area contributed by atoms with Crippen LogP contribution in [0.1, 0.15) is 42.6 Å². The van der Waals surface area contributed by atoms with E-state index in [-0.39, 0.29) is 0 Å². The van der Waals surface area contributed by atoms with Crippen molar-refractivity contribution in [2.45, 2.75) is 51.2 Å². The van der Waals surface area contributed by atoms with E-state index in [4.69, 9.17) is 4.74 Å². The van der Waals surface area contributed by atoms with Gasteiger partial charge in [-0.2, -0.15) is 0 Å². The molecule has 0 saturated heterocycles. The summed E-state index contributed by atoms with van der Waals surface area (Å²) in [6, 6.07) is 5.33. The summed E-state index contributed by atoms with van der Waals surface area (Å²) in [5, 5.41) is 9.33. The first-order valence-electron chi connectivity index (χ1n) is 6.65. The topological polar surface area (TPSA) is 46.5 Å². The van der Waals surface area contributed by atoms with Crippen LogP contribution in [0.3, 0.4) is 0 Å². The highest BCUT2D eigenvalue weighted by molar-refractivity contribution is 5.75. The average Bonchev–Trinajstić information content (AvgIpc) is 2.38. The molecule has 0 fully saturated rings. The van der Waals surface area contributed by atoms with Gasteiger partial charge in [0.15, 0.2) is 6.10 Å². The van der Waals surface area contributed by atoms with Gasteiger partial charge < -0.3 is 9.84 Å². The van der Waals surface area contributed by atoms with E-state index in [1.54, 1.807) is 19.1 Å². The molecule has 0 aliphatic carbocycles. The molecule has 0 amide bonds. The van der Waals surface area contributed by atoms with E-state index >= 15 is 0 Å². The van der Waals surface area contributed by atoms with Crippen molar-refractivity contribution in [1.29, 1.82) is 0 Å². The minimum atomic E-state index is -2.52. The highest BCUT2D eigenvalue weighted by Crippen LogP contribution is 2.42. The van der Waals surface area contributed by atoms with Gasteiger partial charge >= 0.3 is 5.97 Å². The molecule has 0 saturated carbocycles. The fourth-order valence-electron chi connectivity index (χ4n) is 2.83. The fourth-order valence-corrected chi connectivity index (χ4v) is 2.83. The number of aliphatic carboxylic acids is 1. The molecule has 3 nitrogen and oxygen atoms in total. The number of fused-ring (bicyclic) bond motifs is 1. The second kappa shape index (κ2) is 5.48. The second-order valence-corrected chi connectivity index (χ2v) is 5.29. The molecule has 1 heterocycles. The quantitative estimate of drug-likeness (QED) is 0.920. The summed E-state index contributed by atoms with van der Waals surface area (Å²) in [5.41, 5.74) is 1.23. The molecule has 2 atom stereocenters. The van der Waals surface area contributed by atoms with Crippen molar-refractivity contribution in [1.82, 2.24) is 0 Å². The number of hydrogen-bond acceptors (Lipinski definition) is 2.